The predicted molar refractivity (Wildman–Crippen MR) is 138 cm³/mol. The molecule has 0 fully saturated rings. The van der Waals surface area contributed by atoms with Crippen molar-refractivity contribution in [3.63, 3.8) is 0 Å². The molecule has 0 unspecified atom stereocenters. The van der Waals surface area contributed by atoms with Crippen molar-refractivity contribution in [2.45, 2.75) is 17.9 Å². The topological polar surface area (TPSA) is 137 Å². The fraction of sp³-hybridized carbons (Fsp3) is 0.148. The lowest BCUT2D eigenvalue weighted by atomic mass is 10.2. The predicted octanol–water partition coefficient (Wildman–Crippen LogP) is 3.95. The number of nitrogens with one attached hydrogen (secondary N) is 1. The zero-order valence-electron chi connectivity index (χ0n) is 20.2. The Hall–Kier alpha value is -4.64. The summed E-state index contributed by atoms with van der Waals surface area (Å²) < 4.78 is 44.3. The Kier molecular flexibility index (Phi) is 6.84. The Morgan fingerprint density at radius 1 is 1.08 bits per heavy atom. The zero-order chi connectivity index (χ0) is 26.7. The van der Waals surface area contributed by atoms with E-state index in [4.69, 9.17) is 9.47 Å². The van der Waals surface area contributed by atoms with Gasteiger partial charge in [0.15, 0.2) is 5.82 Å². The van der Waals surface area contributed by atoms with E-state index < -0.39 is 16.0 Å². The van der Waals surface area contributed by atoms with Gasteiger partial charge in [-0.3, -0.25) is 4.72 Å². The van der Waals surface area contributed by atoms with Gasteiger partial charge in [-0.1, -0.05) is 18.2 Å². The molecular weight excluding hydrogens is 510 g/mol. The van der Waals surface area contributed by atoms with Crippen LogP contribution in [-0.4, -0.2) is 43.2 Å². The maximum absolute atomic E-state index is 12.9. The highest BCUT2D eigenvalue weighted by molar-refractivity contribution is 7.92. The van der Waals surface area contributed by atoms with Crippen molar-refractivity contribution in [3.8, 4) is 28.6 Å². The molecule has 0 bridgehead atoms. The maximum Gasteiger partial charge on any atom is 0.341 e. The first-order valence-electron chi connectivity index (χ1n) is 11.6. The lowest BCUT2D eigenvalue weighted by Gasteiger charge is -2.11. The summed E-state index contributed by atoms with van der Waals surface area (Å²) >= 11 is 0. The number of nitrogens with zero attached hydrogens (tertiary/aromatic N) is 2. The van der Waals surface area contributed by atoms with Gasteiger partial charge in [-0.15, -0.1) is 0 Å². The van der Waals surface area contributed by atoms with Gasteiger partial charge in [0.05, 0.1) is 18.6 Å². The van der Waals surface area contributed by atoms with Gasteiger partial charge in [0, 0.05) is 41.7 Å². The van der Waals surface area contributed by atoms with Crippen LogP contribution in [0.1, 0.15) is 21.5 Å². The van der Waals surface area contributed by atoms with Gasteiger partial charge in [-0.2, -0.15) is 0 Å². The number of methoxy groups -OCH3 is 1. The molecule has 0 amide bonds. The van der Waals surface area contributed by atoms with Gasteiger partial charge in [-0.25, -0.2) is 23.2 Å². The molecule has 2 heterocycles. The number of rotatable bonds is 8. The first-order valence-corrected chi connectivity index (χ1v) is 13.0. The smallest absolute Gasteiger partial charge is 0.341 e. The average Bonchev–Trinajstić information content (AvgIpc) is 3.41. The summed E-state index contributed by atoms with van der Waals surface area (Å²) in [6.45, 7) is 0.669. The normalized spacial score (nSPS) is 12.3. The molecule has 194 valence electrons. The minimum atomic E-state index is -3.82. The third-order valence-corrected chi connectivity index (χ3v) is 7.21. The van der Waals surface area contributed by atoms with Gasteiger partial charge >= 0.3 is 5.97 Å². The minimum Gasteiger partial charge on any atom is -0.507 e. The van der Waals surface area contributed by atoms with Gasteiger partial charge < -0.3 is 19.3 Å². The summed E-state index contributed by atoms with van der Waals surface area (Å²) in [5, 5.41) is 9.81. The number of phenolic OH excluding ortho intramolecular Hbond substituents is 1. The Morgan fingerprint density at radius 3 is 2.68 bits per heavy atom. The van der Waals surface area contributed by atoms with E-state index >= 15 is 0 Å². The Bertz CT molecular complexity index is 1610. The van der Waals surface area contributed by atoms with Crippen LogP contribution in [0.15, 0.2) is 78.0 Å². The number of carbonyl (C=O) groups is 1. The van der Waals surface area contributed by atoms with Gasteiger partial charge in [0.25, 0.3) is 10.0 Å². The van der Waals surface area contributed by atoms with E-state index in [9.17, 15) is 18.3 Å². The maximum atomic E-state index is 12.9. The number of hydrogen-bond donors (Lipinski definition) is 2. The van der Waals surface area contributed by atoms with Gasteiger partial charge in [0.1, 0.15) is 29.4 Å². The first-order chi connectivity index (χ1) is 18.3. The van der Waals surface area contributed by atoms with Crippen LogP contribution < -0.4 is 14.2 Å². The lowest BCUT2D eigenvalue weighted by molar-refractivity contribution is 0.0597. The largest absolute Gasteiger partial charge is 0.507 e. The zero-order valence-corrected chi connectivity index (χ0v) is 21.1. The molecule has 10 nitrogen and oxygen atoms in total. The van der Waals surface area contributed by atoms with Crippen LogP contribution in [0.3, 0.4) is 0 Å². The fourth-order valence-electron chi connectivity index (χ4n) is 3.87. The molecule has 1 aliphatic heterocycles. The molecule has 1 aliphatic rings. The first kappa shape index (κ1) is 25.0. The van der Waals surface area contributed by atoms with E-state index in [2.05, 4.69) is 19.4 Å². The number of aromatic hydroxyl groups is 1. The van der Waals surface area contributed by atoms with Crippen LogP contribution in [-0.2, 0) is 27.8 Å². The molecule has 0 radical (unpaired) electrons. The van der Waals surface area contributed by atoms with E-state index in [1.807, 2.05) is 0 Å². The number of esters is 1. The Labute approximate surface area is 218 Å². The monoisotopic (exact) mass is 533 g/mol. The highest BCUT2D eigenvalue weighted by Crippen LogP contribution is 2.29. The summed E-state index contributed by atoms with van der Waals surface area (Å²) in [5.41, 5.74) is 2.64. The van der Waals surface area contributed by atoms with Gasteiger partial charge in [-0.05, 0) is 42.0 Å². The fourth-order valence-corrected chi connectivity index (χ4v) is 4.94. The molecule has 38 heavy (non-hydrogen) atoms. The molecule has 4 aromatic rings. The highest BCUT2D eigenvalue weighted by Gasteiger charge is 2.20. The number of phenols is 1. The molecule has 2 N–H and O–H groups in total. The van der Waals surface area contributed by atoms with Crippen LogP contribution in [0.4, 0.5) is 5.69 Å². The number of carbonyl (C=O) groups excluding carboxylic acids is 1. The van der Waals surface area contributed by atoms with Crippen LogP contribution in [0.2, 0.25) is 0 Å². The third-order valence-electron chi connectivity index (χ3n) is 5.84. The van der Waals surface area contributed by atoms with Crippen molar-refractivity contribution in [2.24, 2.45) is 0 Å². The number of anilines is 1. The standard InChI is InChI=1S/C27H23N3O7S/c1-35-27(32)23-12-21(6-8-24(23)31)37-16-17-14-28-26(29-15-17)19-3-2-4-20(11-19)30-38(33,34)22-7-5-18-9-10-36-25(18)13-22/h2-8,11-15,30-31H,9-10,16H2,1H3. The second-order valence-corrected chi connectivity index (χ2v) is 10.1. The van der Waals surface area contributed by atoms with Crippen molar-refractivity contribution in [1.29, 1.82) is 0 Å². The van der Waals surface area contributed by atoms with Crippen LogP contribution in [0.5, 0.6) is 17.2 Å². The number of sulfonamides is 1. The molecule has 0 aliphatic carbocycles. The van der Waals surface area contributed by atoms with Crippen LogP contribution >= 0.6 is 0 Å². The summed E-state index contributed by atoms with van der Waals surface area (Å²) in [6.07, 6.45) is 3.94. The number of ether oxygens (including phenoxy) is 3. The van der Waals surface area contributed by atoms with Gasteiger partial charge in [0.2, 0.25) is 0 Å². The number of fused-ring (bicyclic) bond motifs is 1. The molecule has 1 aromatic heterocycles. The molecule has 0 spiro atoms. The molecule has 0 saturated carbocycles. The molecular formula is C27H23N3O7S. The van der Waals surface area contributed by atoms with Crippen LogP contribution in [0.25, 0.3) is 11.4 Å². The number of aromatic nitrogens is 2. The van der Waals surface area contributed by atoms with Crippen molar-refractivity contribution >= 4 is 21.7 Å². The number of hydrogen-bond acceptors (Lipinski definition) is 9. The SMILES string of the molecule is COC(=O)c1cc(OCc2cnc(-c3cccc(NS(=O)(=O)c4ccc5c(c4)OCC5)c3)nc2)ccc1O. The van der Waals surface area contributed by atoms with Crippen molar-refractivity contribution < 1.29 is 32.5 Å². The van der Waals surface area contributed by atoms with E-state index in [0.29, 0.717) is 40.7 Å². The summed E-state index contributed by atoms with van der Waals surface area (Å²) in [6, 6.07) is 15.9. The second-order valence-electron chi connectivity index (χ2n) is 8.43. The minimum absolute atomic E-state index is 0.00314. The lowest BCUT2D eigenvalue weighted by Crippen LogP contribution is -2.13. The van der Waals surface area contributed by atoms with E-state index in [1.54, 1.807) is 48.8 Å². The number of benzene rings is 3. The summed E-state index contributed by atoms with van der Waals surface area (Å²) in [5.74, 6) is 0.475. The highest BCUT2D eigenvalue weighted by atomic mass is 32.2. The van der Waals surface area contributed by atoms with Crippen molar-refractivity contribution in [3.05, 3.63) is 89.7 Å². The molecule has 11 heteroatoms. The molecule has 0 atom stereocenters. The Morgan fingerprint density at radius 2 is 1.89 bits per heavy atom. The van der Waals surface area contributed by atoms with Crippen molar-refractivity contribution in [2.75, 3.05) is 18.4 Å². The summed E-state index contributed by atoms with van der Waals surface area (Å²) in [7, 11) is -2.59. The Balaban J connectivity index is 1.26. The molecule has 3 aromatic carbocycles. The third kappa shape index (κ3) is 5.37. The van der Waals surface area contributed by atoms with Crippen LogP contribution in [0, 0.1) is 0 Å². The summed E-state index contributed by atoms with van der Waals surface area (Å²) in [4.78, 5) is 20.6. The average molecular weight is 534 g/mol. The quantitative estimate of drug-likeness (QED) is 0.323. The second kappa shape index (κ2) is 10.4. The molecule has 0 saturated heterocycles. The van der Waals surface area contributed by atoms with E-state index in [1.165, 1.54) is 31.4 Å². The van der Waals surface area contributed by atoms with E-state index in [0.717, 1.165) is 12.0 Å². The van der Waals surface area contributed by atoms with Crippen molar-refractivity contribution in [1.82, 2.24) is 9.97 Å². The molecule has 5 rings (SSSR count). The van der Waals surface area contributed by atoms with E-state index in [-0.39, 0.29) is 22.8 Å².